The summed E-state index contributed by atoms with van der Waals surface area (Å²) < 4.78 is 42.2. The van der Waals surface area contributed by atoms with Crippen LogP contribution in [0.5, 0.6) is 5.75 Å². The quantitative estimate of drug-likeness (QED) is 0.509. The van der Waals surface area contributed by atoms with Crippen LogP contribution in [0.25, 0.3) is 0 Å². The number of amides is 1. The van der Waals surface area contributed by atoms with Crippen molar-refractivity contribution in [3.05, 3.63) is 66.5 Å². The number of anilines is 1. The number of sulfonamides is 1. The molecular weight excluding hydrogens is 422 g/mol. The van der Waals surface area contributed by atoms with Crippen LogP contribution in [0.2, 0.25) is 0 Å². The lowest BCUT2D eigenvalue weighted by Crippen LogP contribution is -2.32. The predicted octanol–water partition coefficient (Wildman–Crippen LogP) is 2.77. The first-order chi connectivity index (χ1) is 14.8. The molecule has 0 spiro atoms. The van der Waals surface area contributed by atoms with Crippen molar-refractivity contribution in [3.8, 4) is 5.75 Å². The summed E-state index contributed by atoms with van der Waals surface area (Å²) in [5, 5.41) is 2.75. The highest BCUT2D eigenvalue weighted by molar-refractivity contribution is 7.89. The fraction of sp³-hybridized carbons (Fsp3) is 0.286. The Kier molecular flexibility index (Phi) is 7.16. The fourth-order valence-corrected chi connectivity index (χ4v) is 4.04. The Hall–Kier alpha value is -3.08. The van der Waals surface area contributed by atoms with Gasteiger partial charge in [0.05, 0.1) is 39.3 Å². The maximum Gasteiger partial charge on any atom is 0.246 e. The van der Waals surface area contributed by atoms with Crippen LogP contribution in [0.4, 0.5) is 5.69 Å². The summed E-state index contributed by atoms with van der Waals surface area (Å²) in [6.45, 7) is 0.858. The van der Waals surface area contributed by atoms with E-state index in [1.807, 2.05) is 17.0 Å². The molecule has 166 valence electrons. The molecule has 0 aliphatic carbocycles. The second-order valence-corrected chi connectivity index (χ2v) is 9.13. The molecule has 10 heteroatoms. The number of rotatable bonds is 10. The molecule has 0 saturated carbocycles. The first-order valence-corrected chi connectivity index (χ1v) is 10.9. The molecule has 3 rings (SSSR count). The van der Waals surface area contributed by atoms with Crippen molar-refractivity contribution in [1.29, 1.82) is 0 Å². The van der Waals surface area contributed by atoms with Crippen LogP contribution in [0, 0.1) is 0 Å². The fourth-order valence-electron chi connectivity index (χ4n) is 2.97. The minimum atomic E-state index is -3.75. The van der Waals surface area contributed by atoms with Gasteiger partial charge in [-0.3, -0.25) is 9.69 Å². The van der Waals surface area contributed by atoms with Gasteiger partial charge in [0.15, 0.2) is 0 Å². The van der Waals surface area contributed by atoms with Crippen LogP contribution >= 0.6 is 0 Å². The predicted molar refractivity (Wildman–Crippen MR) is 114 cm³/mol. The molecule has 0 aliphatic heterocycles. The Morgan fingerprint density at radius 2 is 1.65 bits per heavy atom. The normalized spacial score (nSPS) is 11.8. The molecule has 0 bridgehead atoms. The number of hydrogen-bond acceptors (Lipinski definition) is 7. The highest BCUT2D eigenvalue weighted by Crippen LogP contribution is 2.28. The van der Waals surface area contributed by atoms with Crippen molar-refractivity contribution in [2.45, 2.75) is 18.0 Å². The van der Waals surface area contributed by atoms with Gasteiger partial charge in [0.25, 0.3) is 0 Å². The lowest BCUT2D eigenvalue weighted by atomic mass is 10.3. The SMILES string of the molecule is COc1ccc(NC(=O)CN(Cc2ccco2)Cc2ccco2)cc1S(=O)(=O)N(C)C. The van der Waals surface area contributed by atoms with E-state index in [-0.39, 0.29) is 23.1 Å². The monoisotopic (exact) mass is 447 g/mol. The Morgan fingerprint density at radius 3 is 2.13 bits per heavy atom. The summed E-state index contributed by atoms with van der Waals surface area (Å²) in [5.74, 6) is 1.31. The maximum absolute atomic E-state index is 12.7. The number of nitrogens with one attached hydrogen (secondary N) is 1. The van der Waals surface area contributed by atoms with Gasteiger partial charge < -0.3 is 18.9 Å². The van der Waals surface area contributed by atoms with Gasteiger partial charge in [-0.1, -0.05) is 0 Å². The van der Waals surface area contributed by atoms with Gasteiger partial charge in [0.1, 0.15) is 22.2 Å². The number of hydrogen-bond donors (Lipinski definition) is 1. The summed E-state index contributed by atoms with van der Waals surface area (Å²) in [7, 11) is 0.508. The van der Waals surface area contributed by atoms with Crippen LogP contribution in [0.3, 0.4) is 0 Å². The van der Waals surface area contributed by atoms with Crippen molar-refractivity contribution < 1.29 is 26.8 Å². The highest BCUT2D eigenvalue weighted by Gasteiger charge is 2.23. The number of furan rings is 2. The van der Waals surface area contributed by atoms with Crippen molar-refractivity contribution in [2.75, 3.05) is 33.1 Å². The van der Waals surface area contributed by atoms with E-state index >= 15 is 0 Å². The van der Waals surface area contributed by atoms with E-state index < -0.39 is 10.0 Å². The molecule has 0 saturated heterocycles. The highest BCUT2D eigenvalue weighted by atomic mass is 32.2. The molecule has 0 aliphatic rings. The molecule has 3 aromatic rings. The number of methoxy groups -OCH3 is 1. The van der Waals surface area contributed by atoms with Gasteiger partial charge in [-0.05, 0) is 42.5 Å². The molecule has 0 radical (unpaired) electrons. The van der Waals surface area contributed by atoms with Gasteiger partial charge >= 0.3 is 0 Å². The summed E-state index contributed by atoms with van der Waals surface area (Å²) >= 11 is 0. The minimum Gasteiger partial charge on any atom is -0.495 e. The average molecular weight is 448 g/mol. The lowest BCUT2D eigenvalue weighted by molar-refractivity contribution is -0.117. The Morgan fingerprint density at radius 1 is 1.03 bits per heavy atom. The topological polar surface area (TPSA) is 105 Å². The zero-order valence-corrected chi connectivity index (χ0v) is 18.4. The Bertz CT molecular complexity index is 1060. The Labute approximate surface area is 181 Å². The maximum atomic E-state index is 12.7. The van der Waals surface area contributed by atoms with Crippen LogP contribution < -0.4 is 10.1 Å². The summed E-state index contributed by atoms with van der Waals surface area (Å²) in [5.41, 5.74) is 0.349. The van der Waals surface area contributed by atoms with E-state index in [0.29, 0.717) is 30.3 Å². The number of carbonyl (C=O) groups is 1. The van der Waals surface area contributed by atoms with E-state index in [9.17, 15) is 13.2 Å². The molecule has 1 N–H and O–H groups in total. The first-order valence-electron chi connectivity index (χ1n) is 9.47. The zero-order valence-electron chi connectivity index (χ0n) is 17.6. The van der Waals surface area contributed by atoms with Crippen molar-refractivity contribution in [2.24, 2.45) is 0 Å². The van der Waals surface area contributed by atoms with Crippen molar-refractivity contribution in [1.82, 2.24) is 9.21 Å². The van der Waals surface area contributed by atoms with Crippen molar-refractivity contribution in [3.63, 3.8) is 0 Å². The molecule has 1 aromatic carbocycles. The Balaban J connectivity index is 1.75. The summed E-state index contributed by atoms with van der Waals surface area (Å²) in [6, 6.07) is 11.7. The van der Waals surface area contributed by atoms with Crippen LogP contribution in [-0.2, 0) is 27.9 Å². The number of carbonyl (C=O) groups excluding carboxylic acids is 1. The van der Waals surface area contributed by atoms with Crippen LogP contribution in [-0.4, -0.2) is 51.3 Å². The molecule has 0 unspecified atom stereocenters. The van der Waals surface area contributed by atoms with Gasteiger partial charge in [0.2, 0.25) is 15.9 Å². The second kappa shape index (κ2) is 9.82. The molecule has 2 aromatic heterocycles. The van der Waals surface area contributed by atoms with Crippen LogP contribution in [0.15, 0.2) is 68.7 Å². The number of nitrogens with zero attached hydrogens (tertiary/aromatic N) is 2. The molecule has 2 heterocycles. The van der Waals surface area contributed by atoms with E-state index in [1.165, 1.54) is 33.3 Å². The third-order valence-corrected chi connectivity index (χ3v) is 6.33. The van der Waals surface area contributed by atoms with E-state index in [0.717, 1.165) is 4.31 Å². The molecule has 0 fully saturated rings. The van der Waals surface area contributed by atoms with Gasteiger partial charge in [0, 0.05) is 19.8 Å². The molecule has 31 heavy (non-hydrogen) atoms. The van der Waals surface area contributed by atoms with Gasteiger partial charge in [-0.15, -0.1) is 0 Å². The number of benzene rings is 1. The molecular formula is C21H25N3O6S. The van der Waals surface area contributed by atoms with Gasteiger partial charge in [-0.2, -0.15) is 0 Å². The second-order valence-electron chi connectivity index (χ2n) is 7.01. The summed E-state index contributed by atoms with van der Waals surface area (Å²) in [6.07, 6.45) is 3.15. The third-order valence-electron chi connectivity index (χ3n) is 4.49. The molecule has 9 nitrogen and oxygen atoms in total. The van der Waals surface area contributed by atoms with Crippen molar-refractivity contribution >= 4 is 21.6 Å². The third kappa shape index (κ3) is 5.75. The summed E-state index contributed by atoms with van der Waals surface area (Å²) in [4.78, 5) is 14.6. The number of ether oxygens (including phenoxy) is 1. The van der Waals surface area contributed by atoms with E-state index in [4.69, 9.17) is 13.6 Å². The van der Waals surface area contributed by atoms with Gasteiger partial charge in [-0.25, -0.2) is 12.7 Å². The van der Waals surface area contributed by atoms with Crippen LogP contribution in [0.1, 0.15) is 11.5 Å². The van der Waals surface area contributed by atoms with E-state index in [2.05, 4.69) is 5.32 Å². The standard InChI is InChI=1S/C21H25N3O6S/c1-23(2)31(26,27)20-12-16(8-9-19(20)28-3)22-21(25)15-24(13-17-6-4-10-29-17)14-18-7-5-11-30-18/h4-12H,13-15H2,1-3H3,(H,22,25). The largest absolute Gasteiger partial charge is 0.495 e. The smallest absolute Gasteiger partial charge is 0.246 e. The molecule has 1 amide bonds. The zero-order chi connectivity index (χ0) is 22.4. The minimum absolute atomic E-state index is 0.0270. The molecule has 0 atom stereocenters. The lowest BCUT2D eigenvalue weighted by Gasteiger charge is -2.20. The first kappa shape index (κ1) is 22.6. The average Bonchev–Trinajstić information content (AvgIpc) is 3.42. The van der Waals surface area contributed by atoms with E-state index in [1.54, 1.807) is 30.7 Å².